The summed E-state index contributed by atoms with van der Waals surface area (Å²) in [5.74, 6) is 0. The van der Waals surface area contributed by atoms with E-state index >= 15 is 0 Å². The molecule has 3 nitrogen and oxygen atoms in total. The van der Waals surface area contributed by atoms with Gasteiger partial charge in [0, 0.05) is 11.6 Å². The molecule has 0 amide bonds. The second kappa shape index (κ2) is 8.09. The lowest BCUT2D eigenvalue weighted by atomic mass is 10.0. The Morgan fingerprint density at radius 3 is 2.50 bits per heavy atom. The minimum Gasteiger partial charge on any atom is -0.330 e. The van der Waals surface area contributed by atoms with Gasteiger partial charge in [0.1, 0.15) is 10.3 Å². The topological polar surface area (TPSA) is 64.9 Å². The lowest BCUT2D eigenvalue weighted by Gasteiger charge is -2.12. The number of aromatic nitrogens is 1. The number of hydrogen-bond donors (Lipinski definition) is 2. The average Bonchev–Trinajstić information content (AvgIpc) is 2.17. The molecule has 0 aliphatic rings. The minimum absolute atomic E-state index is 0. The molecule has 1 heterocycles. The maximum absolute atomic E-state index is 5.98. The van der Waals surface area contributed by atoms with E-state index in [1.807, 2.05) is 6.07 Å². The van der Waals surface area contributed by atoms with E-state index in [0.717, 1.165) is 24.8 Å². The largest absolute Gasteiger partial charge is 0.330 e. The first-order valence-corrected chi connectivity index (χ1v) is 5.68. The van der Waals surface area contributed by atoms with Gasteiger partial charge in [-0.2, -0.15) is 0 Å². The van der Waals surface area contributed by atoms with Crippen molar-refractivity contribution in [1.82, 2.24) is 4.98 Å². The van der Waals surface area contributed by atoms with Gasteiger partial charge in [0.25, 0.3) is 0 Å². The van der Waals surface area contributed by atoms with Crippen molar-refractivity contribution in [1.29, 1.82) is 0 Å². The van der Waals surface area contributed by atoms with E-state index in [9.17, 15) is 0 Å². The molecular formula is C10H16Cl3N3. The summed E-state index contributed by atoms with van der Waals surface area (Å²) in [5.41, 5.74) is 12.2. The fraction of sp³-hybridized carbons (Fsp3) is 0.500. The van der Waals surface area contributed by atoms with Crippen molar-refractivity contribution in [2.75, 3.05) is 6.54 Å². The van der Waals surface area contributed by atoms with E-state index < -0.39 is 0 Å². The van der Waals surface area contributed by atoms with Crippen LogP contribution in [0.15, 0.2) is 12.1 Å². The van der Waals surface area contributed by atoms with E-state index in [1.54, 1.807) is 6.07 Å². The van der Waals surface area contributed by atoms with Gasteiger partial charge in [-0.05, 0) is 25.5 Å². The molecule has 0 spiro atoms. The second-order valence-corrected chi connectivity index (χ2v) is 4.15. The highest BCUT2D eigenvalue weighted by Gasteiger charge is 2.10. The quantitative estimate of drug-likeness (QED) is 0.645. The Hall–Kier alpha value is -0.0600. The van der Waals surface area contributed by atoms with Crippen LogP contribution in [-0.2, 0) is 0 Å². The summed E-state index contributed by atoms with van der Waals surface area (Å²) in [6.07, 6.45) is 2.84. The SMILES string of the molecule is Cl.NCCCC[C@@H](N)c1ccc(Cl)nc1Cl. The predicted molar refractivity (Wildman–Crippen MR) is 71.3 cm³/mol. The van der Waals surface area contributed by atoms with Crippen molar-refractivity contribution in [2.24, 2.45) is 11.5 Å². The van der Waals surface area contributed by atoms with Crippen LogP contribution in [0.2, 0.25) is 10.3 Å². The molecule has 1 aromatic heterocycles. The fourth-order valence-corrected chi connectivity index (χ4v) is 1.85. The molecule has 4 N–H and O–H groups in total. The van der Waals surface area contributed by atoms with Gasteiger partial charge in [0.05, 0.1) is 0 Å². The van der Waals surface area contributed by atoms with Gasteiger partial charge < -0.3 is 11.5 Å². The normalized spacial score (nSPS) is 12.0. The van der Waals surface area contributed by atoms with Crippen molar-refractivity contribution in [3.8, 4) is 0 Å². The van der Waals surface area contributed by atoms with Crippen LogP contribution in [0.5, 0.6) is 0 Å². The minimum atomic E-state index is -0.0891. The van der Waals surface area contributed by atoms with E-state index in [-0.39, 0.29) is 18.4 Å². The molecule has 0 saturated heterocycles. The number of unbranched alkanes of at least 4 members (excludes halogenated alkanes) is 1. The Morgan fingerprint density at radius 2 is 1.94 bits per heavy atom. The van der Waals surface area contributed by atoms with E-state index in [1.165, 1.54) is 0 Å². The number of pyridine rings is 1. The Balaban J connectivity index is 0.00000225. The molecule has 0 aromatic carbocycles. The third-order valence-corrected chi connectivity index (χ3v) is 2.73. The van der Waals surface area contributed by atoms with Gasteiger partial charge in [-0.1, -0.05) is 35.7 Å². The molecule has 0 bridgehead atoms. The molecule has 1 aromatic rings. The first kappa shape index (κ1) is 15.9. The van der Waals surface area contributed by atoms with Gasteiger partial charge in [-0.15, -0.1) is 12.4 Å². The summed E-state index contributed by atoms with van der Waals surface area (Å²) in [4.78, 5) is 3.95. The summed E-state index contributed by atoms with van der Waals surface area (Å²) >= 11 is 11.6. The van der Waals surface area contributed by atoms with Crippen molar-refractivity contribution in [3.05, 3.63) is 28.0 Å². The number of halogens is 3. The number of hydrogen-bond acceptors (Lipinski definition) is 3. The highest BCUT2D eigenvalue weighted by atomic mass is 35.5. The van der Waals surface area contributed by atoms with Crippen LogP contribution in [0, 0.1) is 0 Å². The third-order valence-electron chi connectivity index (χ3n) is 2.21. The highest BCUT2D eigenvalue weighted by Crippen LogP contribution is 2.24. The first-order valence-electron chi connectivity index (χ1n) is 4.92. The van der Waals surface area contributed by atoms with Crippen LogP contribution in [-0.4, -0.2) is 11.5 Å². The fourth-order valence-electron chi connectivity index (χ4n) is 1.36. The lowest BCUT2D eigenvalue weighted by molar-refractivity contribution is 0.590. The van der Waals surface area contributed by atoms with Crippen molar-refractivity contribution in [3.63, 3.8) is 0 Å². The molecule has 0 radical (unpaired) electrons. The van der Waals surface area contributed by atoms with Crippen LogP contribution in [0.3, 0.4) is 0 Å². The van der Waals surface area contributed by atoms with Crippen LogP contribution in [0.4, 0.5) is 0 Å². The molecule has 92 valence electrons. The molecule has 0 aliphatic heterocycles. The average molecular weight is 285 g/mol. The Morgan fingerprint density at radius 1 is 1.25 bits per heavy atom. The standard InChI is InChI=1S/C10H15Cl2N3.ClH/c11-9-5-4-7(10(12)15-9)8(14)3-1-2-6-13;/h4-5,8H,1-3,6,13-14H2;1H/t8-;/m1./s1. The van der Waals surface area contributed by atoms with E-state index in [2.05, 4.69) is 4.98 Å². The molecular weight excluding hydrogens is 268 g/mol. The van der Waals surface area contributed by atoms with Crippen LogP contribution in [0.1, 0.15) is 30.9 Å². The Labute approximate surface area is 112 Å². The second-order valence-electron chi connectivity index (χ2n) is 3.40. The zero-order chi connectivity index (χ0) is 11.3. The van der Waals surface area contributed by atoms with E-state index in [0.29, 0.717) is 16.9 Å². The summed E-state index contributed by atoms with van der Waals surface area (Å²) in [7, 11) is 0. The summed E-state index contributed by atoms with van der Waals surface area (Å²) in [6, 6.07) is 3.44. The zero-order valence-corrected chi connectivity index (χ0v) is 11.2. The smallest absolute Gasteiger partial charge is 0.135 e. The van der Waals surface area contributed by atoms with Gasteiger partial charge >= 0.3 is 0 Å². The summed E-state index contributed by atoms with van der Waals surface area (Å²) in [6.45, 7) is 0.694. The number of nitrogens with zero attached hydrogens (tertiary/aromatic N) is 1. The Kier molecular flexibility index (Phi) is 8.06. The third kappa shape index (κ3) is 4.85. The molecule has 0 saturated carbocycles. The van der Waals surface area contributed by atoms with Crippen molar-refractivity contribution < 1.29 is 0 Å². The van der Waals surface area contributed by atoms with E-state index in [4.69, 9.17) is 34.7 Å². The highest BCUT2D eigenvalue weighted by molar-refractivity contribution is 6.32. The van der Waals surface area contributed by atoms with Gasteiger partial charge in [-0.3, -0.25) is 0 Å². The van der Waals surface area contributed by atoms with Gasteiger partial charge in [-0.25, -0.2) is 4.98 Å². The van der Waals surface area contributed by atoms with Crippen molar-refractivity contribution >= 4 is 35.6 Å². The molecule has 16 heavy (non-hydrogen) atoms. The Bertz CT molecular complexity index is 320. The molecule has 0 unspecified atom stereocenters. The predicted octanol–water partition coefficient (Wildman–Crippen LogP) is 2.94. The molecule has 1 atom stereocenters. The van der Waals surface area contributed by atoms with Crippen LogP contribution < -0.4 is 11.5 Å². The monoisotopic (exact) mass is 283 g/mol. The molecule has 0 aliphatic carbocycles. The lowest BCUT2D eigenvalue weighted by Crippen LogP contribution is -2.12. The first-order chi connectivity index (χ1) is 7.15. The maximum atomic E-state index is 5.98. The van der Waals surface area contributed by atoms with Gasteiger partial charge in [0.2, 0.25) is 0 Å². The molecule has 0 fully saturated rings. The van der Waals surface area contributed by atoms with Gasteiger partial charge in [0.15, 0.2) is 0 Å². The number of rotatable bonds is 5. The summed E-state index contributed by atoms with van der Waals surface area (Å²) < 4.78 is 0. The zero-order valence-electron chi connectivity index (χ0n) is 8.83. The number of nitrogens with two attached hydrogens (primary N) is 2. The maximum Gasteiger partial charge on any atom is 0.135 e. The van der Waals surface area contributed by atoms with Crippen LogP contribution in [0.25, 0.3) is 0 Å². The molecule has 6 heteroatoms. The van der Waals surface area contributed by atoms with Crippen LogP contribution >= 0.6 is 35.6 Å². The summed E-state index contributed by atoms with van der Waals surface area (Å²) in [5, 5.41) is 0.778. The molecule has 1 rings (SSSR count). The van der Waals surface area contributed by atoms with Crippen molar-refractivity contribution in [2.45, 2.75) is 25.3 Å².